The molecule has 5 heterocycles. The summed E-state index contributed by atoms with van der Waals surface area (Å²) in [6.07, 6.45) is -1.13. The van der Waals surface area contributed by atoms with E-state index in [9.17, 15) is 24.3 Å². The van der Waals surface area contributed by atoms with Crippen LogP contribution in [0.1, 0.15) is 35.3 Å². The van der Waals surface area contributed by atoms with E-state index >= 15 is 0 Å². The lowest BCUT2D eigenvalue weighted by Crippen LogP contribution is -2.38. The summed E-state index contributed by atoms with van der Waals surface area (Å²) < 4.78 is 23.1. The first-order valence-corrected chi connectivity index (χ1v) is 13.5. The van der Waals surface area contributed by atoms with Crippen LogP contribution in [-0.2, 0) is 43.4 Å². The topological polar surface area (TPSA) is 185 Å². The van der Waals surface area contributed by atoms with Gasteiger partial charge in [-0.05, 0) is 31.0 Å². The molecule has 0 saturated heterocycles. The Balaban J connectivity index is 1.35. The first-order chi connectivity index (χ1) is 20.3. The van der Waals surface area contributed by atoms with Crippen molar-refractivity contribution >= 4 is 28.7 Å². The lowest BCUT2D eigenvalue weighted by molar-refractivity contribution is -0.157. The number of likely N-dealkylation sites (N-methyl/N-ethyl adjacent to an activating group) is 1. The zero-order valence-electron chi connectivity index (χ0n) is 22.8. The molecule has 42 heavy (non-hydrogen) atoms. The number of nitrogens with zero attached hydrogens (tertiary/aromatic N) is 3. The average molecular weight is 580 g/mol. The highest BCUT2D eigenvalue weighted by Gasteiger charge is 2.35. The molecule has 1 aromatic carbocycles. The van der Waals surface area contributed by atoms with E-state index in [4.69, 9.17) is 29.7 Å². The van der Waals surface area contributed by atoms with Crippen LogP contribution in [0.3, 0.4) is 0 Å². The molecule has 3 aromatic rings. The summed E-state index contributed by atoms with van der Waals surface area (Å²) in [6.45, 7) is 2.20. The van der Waals surface area contributed by atoms with Gasteiger partial charge in [0.2, 0.25) is 18.6 Å². The maximum absolute atomic E-state index is 13.5. The summed E-state index contributed by atoms with van der Waals surface area (Å²) in [5.41, 5.74) is 8.67. The van der Waals surface area contributed by atoms with E-state index in [2.05, 4.69) is 5.32 Å². The van der Waals surface area contributed by atoms with Crippen molar-refractivity contribution in [2.75, 3.05) is 39.8 Å². The van der Waals surface area contributed by atoms with Gasteiger partial charge >= 0.3 is 5.97 Å². The number of cyclic esters (lactones) is 1. The van der Waals surface area contributed by atoms with Crippen molar-refractivity contribution in [3.8, 4) is 22.9 Å². The Hall–Kier alpha value is -4.53. The number of amides is 2. The second-order valence-electron chi connectivity index (χ2n) is 10.0. The molecule has 3 aliphatic rings. The Bertz CT molecular complexity index is 1680. The molecule has 3 aliphatic heterocycles. The molecular formula is C28H29N5O9. The third-order valence-corrected chi connectivity index (χ3v) is 7.72. The number of pyridine rings is 2. The number of esters is 1. The smallest absolute Gasteiger partial charge is 0.340 e. The minimum absolute atomic E-state index is 0.0862. The molecule has 0 spiro atoms. The van der Waals surface area contributed by atoms with Crippen LogP contribution in [0, 0.1) is 0 Å². The predicted octanol–water partition coefficient (Wildman–Crippen LogP) is -0.316. The fourth-order valence-corrected chi connectivity index (χ4v) is 5.52. The SMILES string of the molecule is CCN(CCc1c2c(nc3cc4c(cc13)OCO4)-c1cc3c(c(=O)n1C2)COC(=O)[C@H]3O)C(=O)COCNC(=O)CN. The van der Waals surface area contributed by atoms with Crippen LogP contribution in [0.4, 0.5) is 0 Å². The first kappa shape index (κ1) is 27.6. The number of nitrogens with one attached hydrogen (secondary N) is 1. The summed E-state index contributed by atoms with van der Waals surface area (Å²) in [5, 5.41) is 13.7. The van der Waals surface area contributed by atoms with Crippen molar-refractivity contribution in [1.82, 2.24) is 19.8 Å². The van der Waals surface area contributed by atoms with Gasteiger partial charge in [-0.1, -0.05) is 0 Å². The highest BCUT2D eigenvalue weighted by molar-refractivity contribution is 5.91. The van der Waals surface area contributed by atoms with E-state index in [1.807, 2.05) is 13.0 Å². The zero-order valence-corrected chi connectivity index (χ0v) is 22.8. The van der Waals surface area contributed by atoms with Crippen LogP contribution in [-0.4, -0.2) is 77.1 Å². The van der Waals surface area contributed by atoms with Crippen molar-refractivity contribution in [3.05, 3.63) is 50.8 Å². The molecule has 0 saturated carbocycles. The van der Waals surface area contributed by atoms with Gasteiger partial charge in [-0.3, -0.25) is 14.4 Å². The Morgan fingerprint density at radius 3 is 2.74 bits per heavy atom. The second kappa shape index (κ2) is 11.0. The molecular weight excluding hydrogens is 550 g/mol. The number of carbonyl (C=O) groups is 3. The number of aliphatic hydroxyl groups is 1. The number of fused-ring (bicyclic) bond motifs is 6. The monoisotopic (exact) mass is 579 g/mol. The van der Waals surface area contributed by atoms with E-state index in [1.54, 1.807) is 21.6 Å². The van der Waals surface area contributed by atoms with Crippen molar-refractivity contribution in [3.63, 3.8) is 0 Å². The highest BCUT2D eigenvalue weighted by Crippen LogP contribution is 2.42. The highest BCUT2D eigenvalue weighted by atomic mass is 16.7. The Kier molecular flexibility index (Phi) is 7.26. The molecule has 0 aliphatic carbocycles. The van der Waals surface area contributed by atoms with Crippen LogP contribution >= 0.6 is 0 Å². The molecule has 4 N–H and O–H groups in total. The van der Waals surface area contributed by atoms with Gasteiger partial charge < -0.3 is 44.6 Å². The fourth-order valence-electron chi connectivity index (χ4n) is 5.52. The van der Waals surface area contributed by atoms with Crippen LogP contribution < -0.4 is 26.1 Å². The summed E-state index contributed by atoms with van der Waals surface area (Å²) in [7, 11) is 0. The number of nitrogens with two attached hydrogens (primary N) is 1. The lowest BCUT2D eigenvalue weighted by Gasteiger charge is -2.22. The fraction of sp³-hybridized carbons (Fsp3) is 0.393. The van der Waals surface area contributed by atoms with E-state index in [-0.39, 0.29) is 68.3 Å². The summed E-state index contributed by atoms with van der Waals surface area (Å²) >= 11 is 0. The van der Waals surface area contributed by atoms with Gasteiger partial charge in [0, 0.05) is 35.7 Å². The molecule has 2 aromatic heterocycles. The van der Waals surface area contributed by atoms with Gasteiger partial charge in [0.25, 0.3) is 5.56 Å². The van der Waals surface area contributed by atoms with Crippen molar-refractivity contribution in [2.45, 2.75) is 32.6 Å². The maximum atomic E-state index is 13.5. The predicted molar refractivity (Wildman–Crippen MR) is 145 cm³/mol. The standard InChI is InChI=1S/C28H29N5O9/c1-2-32(24(35)11-39-12-30-23(34)8-29)4-3-14-15-6-21-22(42-13-41-21)7-19(15)31-25-17(14)9-33-20(25)5-16-18(27(33)37)10-40-28(38)26(16)36/h5-7,26,36H,2-4,8-13,29H2,1H3,(H,30,34)/t26-/m0/s1. The Labute approximate surface area is 238 Å². The van der Waals surface area contributed by atoms with E-state index in [0.717, 1.165) is 16.5 Å². The molecule has 0 bridgehead atoms. The number of ether oxygens (including phenoxy) is 4. The van der Waals surface area contributed by atoms with Crippen molar-refractivity contribution in [1.29, 1.82) is 0 Å². The van der Waals surface area contributed by atoms with Gasteiger partial charge in [-0.2, -0.15) is 0 Å². The maximum Gasteiger partial charge on any atom is 0.340 e. The summed E-state index contributed by atoms with van der Waals surface area (Å²) in [6, 6.07) is 5.26. The molecule has 0 unspecified atom stereocenters. The third-order valence-electron chi connectivity index (χ3n) is 7.72. The van der Waals surface area contributed by atoms with E-state index in [1.165, 1.54) is 0 Å². The van der Waals surface area contributed by atoms with Gasteiger partial charge in [0.1, 0.15) is 19.9 Å². The van der Waals surface area contributed by atoms with Gasteiger partial charge in [-0.25, -0.2) is 9.78 Å². The quantitative estimate of drug-likeness (QED) is 0.134. The minimum Gasteiger partial charge on any atom is -0.458 e. The van der Waals surface area contributed by atoms with Crippen molar-refractivity contribution in [2.24, 2.45) is 5.73 Å². The molecule has 220 valence electrons. The Morgan fingerprint density at radius 2 is 1.98 bits per heavy atom. The number of aromatic nitrogens is 2. The molecule has 6 rings (SSSR count). The molecule has 1 atom stereocenters. The zero-order chi connectivity index (χ0) is 29.5. The van der Waals surface area contributed by atoms with Crippen molar-refractivity contribution < 1.29 is 38.4 Å². The van der Waals surface area contributed by atoms with E-state index < -0.39 is 12.1 Å². The molecule has 14 nitrogen and oxygen atoms in total. The third kappa shape index (κ3) is 4.72. The number of rotatable bonds is 9. The van der Waals surface area contributed by atoms with Crippen LogP contribution in [0.2, 0.25) is 0 Å². The molecule has 0 fully saturated rings. The lowest BCUT2D eigenvalue weighted by atomic mass is 9.96. The number of hydrogen-bond acceptors (Lipinski definition) is 11. The second-order valence-corrected chi connectivity index (χ2v) is 10.0. The molecule has 14 heteroatoms. The van der Waals surface area contributed by atoms with Crippen LogP contribution in [0.25, 0.3) is 22.3 Å². The summed E-state index contributed by atoms with van der Waals surface area (Å²) in [5.74, 6) is -0.324. The van der Waals surface area contributed by atoms with E-state index in [0.29, 0.717) is 47.9 Å². The minimum atomic E-state index is -1.56. The summed E-state index contributed by atoms with van der Waals surface area (Å²) in [4.78, 5) is 56.2. The normalized spacial score (nSPS) is 16.1. The molecule has 0 radical (unpaired) electrons. The Morgan fingerprint density at radius 1 is 1.19 bits per heavy atom. The number of aliphatic hydroxyl groups excluding tert-OH is 1. The largest absolute Gasteiger partial charge is 0.458 e. The molecule has 2 amide bonds. The van der Waals surface area contributed by atoms with Gasteiger partial charge in [0.15, 0.2) is 17.6 Å². The number of benzene rings is 1. The van der Waals surface area contributed by atoms with Gasteiger partial charge in [-0.15, -0.1) is 0 Å². The van der Waals surface area contributed by atoms with Gasteiger partial charge in [0.05, 0.1) is 35.6 Å². The average Bonchev–Trinajstić information content (AvgIpc) is 3.60. The van der Waals surface area contributed by atoms with Crippen LogP contribution in [0.15, 0.2) is 23.0 Å². The van der Waals surface area contributed by atoms with Crippen LogP contribution in [0.5, 0.6) is 11.5 Å². The number of carbonyl (C=O) groups excluding carboxylic acids is 3. The first-order valence-electron chi connectivity index (χ1n) is 13.5. The number of hydrogen-bond donors (Lipinski definition) is 3.